The number of fused-ring (bicyclic) bond motifs is 1. The summed E-state index contributed by atoms with van der Waals surface area (Å²) in [6.07, 6.45) is 0. The van der Waals surface area contributed by atoms with E-state index in [1.807, 2.05) is 31.2 Å². The van der Waals surface area contributed by atoms with Crippen LogP contribution in [0.25, 0.3) is 15.5 Å². The molecule has 16 heavy (non-hydrogen) atoms. The molecule has 0 aliphatic carbocycles. The van der Waals surface area contributed by atoms with Crippen LogP contribution in [0.1, 0.15) is 5.82 Å². The zero-order chi connectivity index (χ0) is 11.1. The van der Waals surface area contributed by atoms with Crippen LogP contribution in [-0.2, 0) is 0 Å². The molecular formula is C10H7BrN4S. The predicted octanol–water partition coefficient (Wildman–Crippen LogP) is 2.92. The van der Waals surface area contributed by atoms with E-state index in [1.165, 1.54) is 11.3 Å². The molecule has 0 spiro atoms. The Hall–Kier alpha value is -1.27. The lowest BCUT2D eigenvalue weighted by molar-refractivity contribution is 0.898. The Labute approximate surface area is 104 Å². The number of aryl methyl sites for hydroxylation is 1. The summed E-state index contributed by atoms with van der Waals surface area (Å²) in [5.74, 6) is 0.812. The first kappa shape index (κ1) is 9.92. The number of rotatable bonds is 1. The molecular weight excluding hydrogens is 288 g/mol. The molecule has 4 nitrogen and oxygen atoms in total. The molecule has 6 heteroatoms. The van der Waals surface area contributed by atoms with Crippen LogP contribution in [0.15, 0.2) is 28.7 Å². The zero-order valence-electron chi connectivity index (χ0n) is 8.38. The molecule has 0 saturated carbocycles. The lowest BCUT2D eigenvalue weighted by Crippen LogP contribution is -1.88. The van der Waals surface area contributed by atoms with E-state index in [9.17, 15) is 0 Å². The third-order valence-corrected chi connectivity index (χ3v) is 3.66. The fourth-order valence-corrected chi connectivity index (χ4v) is 2.73. The fourth-order valence-electron chi connectivity index (χ4n) is 1.45. The Kier molecular flexibility index (Phi) is 2.26. The molecule has 0 aliphatic rings. The topological polar surface area (TPSA) is 43.1 Å². The molecule has 3 aromatic rings. The van der Waals surface area contributed by atoms with Crippen LogP contribution in [0.2, 0.25) is 0 Å². The third kappa shape index (κ3) is 1.54. The van der Waals surface area contributed by atoms with Crippen molar-refractivity contribution >= 4 is 32.2 Å². The van der Waals surface area contributed by atoms with Gasteiger partial charge in [0.15, 0.2) is 5.82 Å². The number of halogens is 1. The van der Waals surface area contributed by atoms with Gasteiger partial charge in [-0.15, -0.1) is 10.2 Å². The monoisotopic (exact) mass is 294 g/mol. The molecule has 0 unspecified atom stereocenters. The van der Waals surface area contributed by atoms with E-state index < -0.39 is 0 Å². The molecule has 1 aromatic carbocycles. The minimum atomic E-state index is 0.812. The van der Waals surface area contributed by atoms with Crippen LogP contribution < -0.4 is 0 Å². The lowest BCUT2D eigenvalue weighted by atomic mass is 10.2. The number of nitrogens with zero attached hydrogens (tertiary/aromatic N) is 4. The van der Waals surface area contributed by atoms with E-state index in [4.69, 9.17) is 0 Å². The maximum atomic E-state index is 4.47. The Morgan fingerprint density at radius 1 is 1.31 bits per heavy atom. The first-order valence-electron chi connectivity index (χ1n) is 4.69. The molecule has 3 rings (SSSR count). The van der Waals surface area contributed by atoms with Crippen LogP contribution in [0.3, 0.4) is 0 Å². The van der Waals surface area contributed by atoms with Gasteiger partial charge in [-0.25, -0.2) is 0 Å². The molecule has 0 amide bonds. The van der Waals surface area contributed by atoms with Crippen molar-refractivity contribution in [3.8, 4) is 10.6 Å². The first-order valence-corrected chi connectivity index (χ1v) is 6.30. The van der Waals surface area contributed by atoms with Crippen molar-refractivity contribution in [2.75, 3.05) is 0 Å². The molecule has 0 bridgehead atoms. The minimum Gasteiger partial charge on any atom is -0.187 e. The van der Waals surface area contributed by atoms with E-state index in [0.29, 0.717) is 0 Å². The second kappa shape index (κ2) is 3.64. The van der Waals surface area contributed by atoms with Crippen LogP contribution >= 0.6 is 27.3 Å². The average Bonchev–Trinajstić information content (AvgIpc) is 2.81. The molecule has 0 atom stereocenters. The van der Waals surface area contributed by atoms with Crippen molar-refractivity contribution in [3.05, 3.63) is 34.6 Å². The molecule has 80 valence electrons. The van der Waals surface area contributed by atoms with Gasteiger partial charge in [0.2, 0.25) is 4.96 Å². The van der Waals surface area contributed by atoms with Crippen molar-refractivity contribution in [1.29, 1.82) is 0 Å². The largest absolute Gasteiger partial charge is 0.234 e. The van der Waals surface area contributed by atoms with Gasteiger partial charge in [0.25, 0.3) is 0 Å². The summed E-state index contributed by atoms with van der Waals surface area (Å²) in [7, 11) is 0. The van der Waals surface area contributed by atoms with Gasteiger partial charge in [0.05, 0.1) is 0 Å². The SMILES string of the molecule is Cc1nnc2sc(-c3cccc(Br)c3)nn12. The zero-order valence-corrected chi connectivity index (χ0v) is 10.8. The predicted molar refractivity (Wildman–Crippen MR) is 66.5 cm³/mol. The van der Waals surface area contributed by atoms with Crippen molar-refractivity contribution in [1.82, 2.24) is 19.8 Å². The van der Waals surface area contributed by atoms with Crippen molar-refractivity contribution < 1.29 is 0 Å². The van der Waals surface area contributed by atoms with Gasteiger partial charge < -0.3 is 0 Å². The quantitative estimate of drug-likeness (QED) is 0.693. The summed E-state index contributed by atoms with van der Waals surface area (Å²) >= 11 is 4.99. The second-order valence-electron chi connectivity index (χ2n) is 3.36. The molecule has 0 aliphatic heterocycles. The second-order valence-corrected chi connectivity index (χ2v) is 5.23. The lowest BCUT2D eigenvalue weighted by Gasteiger charge is -1.95. The summed E-state index contributed by atoms with van der Waals surface area (Å²) in [5, 5.41) is 13.4. The minimum absolute atomic E-state index is 0.812. The molecule has 0 N–H and O–H groups in total. The van der Waals surface area contributed by atoms with Gasteiger partial charge >= 0.3 is 0 Å². The van der Waals surface area contributed by atoms with Crippen molar-refractivity contribution in [2.45, 2.75) is 6.92 Å². The summed E-state index contributed by atoms with van der Waals surface area (Å²) in [4.78, 5) is 0.826. The van der Waals surface area contributed by atoms with Gasteiger partial charge in [-0.05, 0) is 19.1 Å². The number of benzene rings is 1. The van der Waals surface area contributed by atoms with Gasteiger partial charge in [-0.3, -0.25) is 0 Å². The molecule has 0 radical (unpaired) electrons. The number of hydrogen-bond acceptors (Lipinski definition) is 4. The highest BCUT2D eigenvalue weighted by molar-refractivity contribution is 9.10. The summed E-state index contributed by atoms with van der Waals surface area (Å²) in [5.41, 5.74) is 1.09. The highest BCUT2D eigenvalue weighted by atomic mass is 79.9. The van der Waals surface area contributed by atoms with E-state index in [2.05, 4.69) is 31.2 Å². The standard InChI is InChI=1S/C10H7BrN4S/c1-6-12-13-10-15(6)14-9(16-10)7-3-2-4-8(11)5-7/h2-5H,1H3. The Morgan fingerprint density at radius 3 is 2.94 bits per heavy atom. The van der Waals surface area contributed by atoms with Crippen LogP contribution in [0.5, 0.6) is 0 Å². The van der Waals surface area contributed by atoms with Gasteiger partial charge in [-0.2, -0.15) is 9.61 Å². The van der Waals surface area contributed by atoms with Gasteiger partial charge in [0, 0.05) is 10.0 Å². The smallest absolute Gasteiger partial charge is 0.187 e. The summed E-state index contributed by atoms with van der Waals surface area (Å²) < 4.78 is 2.81. The first-order chi connectivity index (χ1) is 7.74. The average molecular weight is 295 g/mol. The fraction of sp³-hybridized carbons (Fsp3) is 0.100. The summed E-state index contributed by atoms with van der Waals surface area (Å²) in [6, 6.07) is 8.07. The number of aromatic nitrogens is 4. The van der Waals surface area contributed by atoms with E-state index in [0.717, 1.165) is 25.8 Å². The highest BCUT2D eigenvalue weighted by Crippen LogP contribution is 2.27. The van der Waals surface area contributed by atoms with E-state index in [1.54, 1.807) is 4.52 Å². The van der Waals surface area contributed by atoms with Gasteiger partial charge in [-0.1, -0.05) is 39.4 Å². The highest BCUT2D eigenvalue weighted by Gasteiger charge is 2.10. The van der Waals surface area contributed by atoms with E-state index >= 15 is 0 Å². The maximum absolute atomic E-state index is 4.47. The maximum Gasteiger partial charge on any atom is 0.234 e. The molecule has 2 aromatic heterocycles. The Morgan fingerprint density at radius 2 is 2.19 bits per heavy atom. The van der Waals surface area contributed by atoms with Crippen molar-refractivity contribution in [2.24, 2.45) is 0 Å². The van der Waals surface area contributed by atoms with Crippen molar-refractivity contribution in [3.63, 3.8) is 0 Å². The number of hydrogen-bond donors (Lipinski definition) is 0. The Bertz CT molecular complexity index is 658. The van der Waals surface area contributed by atoms with Crippen LogP contribution in [-0.4, -0.2) is 19.8 Å². The Balaban J connectivity index is 2.19. The van der Waals surface area contributed by atoms with Crippen LogP contribution in [0, 0.1) is 6.92 Å². The normalized spacial score (nSPS) is 11.1. The summed E-state index contributed by atoms with van der Waals surface area (Å²) in [6.45, 7) is 1.89. The third-order valence-electron chi connectivity index (χ3n) is 2.22. The van der Waals surface area contributed by atoms with Crippen LogP contribution in [0.4, 0.5) is 0 Å². The van der Waals surface area contributed by atoms with Gasteiger partial charge in [0.1, 0.15) is 5.01 Å². The van der Waals surface area contributed by atoms with E-state index in [-0.39, 0.29) is 0 Å². The molecule has 0 saturated heterocycles. The molecule has 2 heterocycles. The molecule has 0 fully saturated rings.